The maximum Gasteiger partial charge on any atom is 0.254 e. The van der Waals surface area contributed by atoms with Gasteiger partial charge in [0.2, 0.25) is 5.91 Å². The van der Waals surface area contributed by atoms with Gasteiger partial charge in [0.25, 0.3) is 5.91 Å². The number of nitrogens with one attached hydrogen (secondary N) is 1. The van der Waals surface area contributed by atoms with Crippen LogP contribution in [0, 0.1) is 0 Å². The maximum absolute atomic E-state index is 12.7. The van der Waals surface area contributed by atoms with Gasteiger partial charge < -0.3 is 10.2 Å². The Labute approximate surface area is 149 Å². The van der Waals surface area contributed by atoms with E-state index in [9.17, 15) is 9.59 Å². The average molecular weight is 385 g/mol. The highest BCUT2D eigenvalue weighted by Gasteiger charge is 2.24. The summed E-state index contributed by atoms with van der Waals surface area (Å²) >= 11 is 3.47. The molecule has 1 aliphatic rings. The van der Waals surface area contributed by atoms with E-state index in [1.807, 2.05) is 23.1 Å². The molecule has 0 spiro atoms. The monoisotopic (exact) mass is 384 g/mol. The molecule has 0 saturated carbocycles. The molecule has 0 bridgehead atoms. The van der Waals surface area contributed by atoms with Crippen LogP contribution >= 0.6 is 15.9 Å². The number of amides is 2. The minimum Gasteiger partial charge on any atom is -0.348 e. The third-order valence-electron chi connectivity index (χ3n) is 4.03. The van der Waals surface area contributed by atoms with Crippen molar-refractivity contribution in [3.8, 4) is 0 Å². The van der Waals surface area contributed by atoms with Crippen LogP contribution in [0.2, 0.25) is 0 Å². The Bertz CT molecular complexity index is 800. The number of rotatable bonds is 4. The summed E-state index contributed by atoms with van der Waals surface area (Å²) < 4.78 is 1.03. The van der Waals surface area contributed by atoms with Crippen molar-refractivity contribution in [3.63, 3.8) is 0 Å². The van der Waals surface area contributed by atoms with Crippen LogP contribution < -0.4 is 5.32 Å². The van der Waals surface area contributed by atoms with Crippen LogP contribution in [0.15, 0.2) is 59.6 Å². The zero-order valence-corrected chi connectivity index (χ0v) is 14.7. The van der Waals surface area contributed by atoms with Gasteiger partial charge in [-0.25, -0.2) is 0 Å². The van der Waals surface area contributed by atoms with Crippen molar-refractivity contribution >= 4 is 27.7 Å². The van der Waals surface area contributed by atoms with Crippen molar-refractivity contribution in [1.29, 1.82) is 0 Å². The van der Waals surface area contributed by atoms with Crippen LogP contribution in [0.3, 0.4) is 0 Å². The first-order valence-electron chi connectivity index (χ1n) is 7.62. The molecule has 4 nitrogen and oxygen atoms in total. The number of hydrogen-bond donors (Lipinski definition) is 1. The molecule has 122 valence electrons. The Balaban J connectivity index is 1.66. The van der Waals surface area contributed by atoms with Gasteiger partial charge in [-0.3, -0.25) is 9.59 Å². The van der Waals surface area contributed by atoms with Crippen molar-refractivity contribution in [2.75, 3.05) is 0 Å². The van der Waals surface area contributed by atoms with Gasteiger partial charge in [0.15, 0.2) is 0 Å². The summed E-state index contributed by atoms with van der Waals surface area (Å²) in [6.07, 6.45) is 1.24. The lowest BCUT2D eigenvalue weighted by Crippen LogP contribution is -2.25. The highest BCUT2D eigenvalue weighted by Crippen LogP contribution is 2.27. The van der Waals surface area contributed by atoms with Gasteiger partial charge in [-0.1, -0.05) is 40.7 Å². The van der Waals surface area contributed by atoms with Crippen LogP contribution in [-0.4, -0.2) is 16.7 Å². The topological polar surface area (TPSA) is 49.4 Å². The second-order valence-corrected chi connectivity index (χ2v) is 6.61. The van der Waals surface area contributed by atoms with Crippen molar-refractivity contribution in [3.05, 3.63) is 81.8 Å². The van der Waals surface area contributed by atoms with Gasteiger partial charge in [-0.15, -0.1) is 0 Å². The molecule has 2 amide bonds. The predicted octanol–water partition coefficient (Wildman–Crippen LogP) is 3.41. The first-order chi connectivity index (χ1) is 11.6. The Morgan fingerprint density at radius 3 is 2.54 bits per heavy atom. The van der Waals surface area contributed by atoms with E-state index in [4.69, 9.17) is 0 Å². The molecule has 0 aliphatic carbocycles. The summed E-state index contributed by atoms with van der Waals surface area (Å²) in [6, 6.07) is 13.4. The highest BCUT2D eigenvalue weighted by atomic mass is 79.9. The molecule has 0 saturated heterocycles. The Morgan fingerprint density at radius 2 is 1.83 bits per heavy atom. The zero-order chi connectivity index (χ0) is 17.1. The molecular formula is C19H17BrN2O2. The number of fused-ring (bicyclic) bond motifs is 1. The molecule has 0 radical (unpaired) electrons. The molecular weight excluding hydrogens is 368 g/mol. The molecule has 1 N–H and O–H groups in total. The van der Waals surface area contributed by atoms with Crippen LogP contribution in [0.4, 0.5) is 0 Å². The van der Waals surface area contributed by atoms with Gasteiger partial charge in [0, 0.05) is 29.7 Å². The summed E-state index contributed by atoms with van der Waals surface area (Å²) in [5, 5.41) is 2.71. The minimum atomic E-state index is -0.212. The lowest BCUT2D eigenvalue weighted by molar-refractivity contribution is -0.116. The van der Waals surface area contributed by atoms with Crippen LogP contribution in [-0.2, 0) is 24.4 Å². The normalized spacial score (nSPS) is 12.6. The number of benzene rings is 2. The van der Waals surface area contributed by atoms with Gasteiger partial charge >= 0.3 is 0 Å². The molecule has 0 unspecified atom stereocenters. The Hall–Kier alpha value is -2.40. The molecule has 0 fully saturated rings. The fraction of sp³-hybridized carbons (Fsp3) is 0.158. The fourth-order valence-corrected chi connectivity index (χ4v) is 3.12. The summed E-state index contributed by atoms with van der Waals surface area (Å²) in [6.45, 7) is 5.10. The second-order valence-electron chi connectivity index (χ2n) is 5.69. The lowest BCUT2D eigenvalue weighted by atomic mass is 10.1. The van der Waals surface area contributed by atoms with Crippen LogP contribution in [0.25, 0.3) is 0 Å². The van der Waals surface area contributed by atoms with Gasteiger partial charge in [-0.05, 0) is 47.0 Å². The number of halogens is 1. The van der Waals surface area contributed by atoms with Crippen molar-refractivity contribution in [1.82, 2.24) is 10.2 Å². The highest BCUT2D eigenvalue weighted by molar-refractivity contribution is 9.10. The number of carbonyl (C=O) groups excluding carboxylic acids is 2. The fourth-order valence-electron chi connectivity index (χ4n) is 2.72. The second kappa shape index (κ2) is 7.01. The molecule has 2 aromatic rings. The molecule has 24 heavy (non-hydrogen) atoms. The average Bonchev–Trinajstić information content (AvgIpc) is 3.02. The molecule has 0 atom stereocenters. The first kappa shape index (κ1) is 16.5. The quantitative estimate of drug-likeness (QED) is 0.821. The smallest absolute Gasteiger partial charge is 0.254 e. The Morgan fingerprint density at radius 1 is 1.12 bits per heavy atom. The number of hydrogen-bond acceptors (Lipinski definition) is 2. The molecule has 1 aliphatic heterocycles. The van der Waals surface area contributed by atoms with Crippen LogP contribution in [0.5, 0.6) is 0 Å². The standard InChI is InChI=1S/C19H17BrN2O2/c1-2-18(23)21-10-13-3-5-14(6-4-13)19(24)22-11-15-7-8-17(20)9-16(15)12-22/h2-9H,1,10-12H2,(H,21,23). The predicted molar refractivity (Wildman–Crippen MR) is 96.2 cm³/mol. The Kier molecular flexibility index (Phi) is 4.81. The lowest BCUT2D eigenvalue weighted by Gasteiger charge is -2.15. The molecule has 5 heteroatoms. The SMILES string of the molecule is C=CC(=O)NCc1ccc(C(=O)N2Cc3ccc(Br)cc3C2)cc1. The number of nitrogens with zero attached hydrogens (tertiary/aromatic N) is 1. The minimum absolute atomic E-state index is 0.0176. The van der Waals surface area contributed by atoms with E-state index >= 15 is 0 Å². The molecule has 3 rings (SSSR count). The van der Waals surface area contributed by atoms with Crippen molar-refractivity contribution < 1.29 is 9.59 Å². The zero-order valence-electron chi connectivity index (χ0n) is 13.1. The molecule has 1 heterocycles. The summed E-state index contributed by atoms with van der Waals surface area (Å²) in [4.78, 5) is 25.7. The summed E-state index contributed by atoms with van der Waals surface area (Å²) in [7, 11) is 0. The van der Waals surface area contributed by atoms with E-state index in [0.29, 0.717) is 25.2 Å². The third kappa shape index (κ3) is 3.57. The first-order valence-corrected chi connectivity index (χ1v) is 8.42. The number of carbonyl (C=O) groups is 2. The van der Waals surface area contributed by atoms with E-state index in [-0.39, 0.29) is 11.8 Å². The molecule has 2 aromatic carbocycles. The van der Waals surface area contributed by atoms with Gasteiger partial charge in [-0.2, -0.15) is 0 Å². The van der Waals surface area contributed by atoms with E-state index < -0.39 is 0 Å². The van der Waals surface area contributed by atoms with Crippen molar-refractivity contribution in [2.24, 2.45) is 0 Å². The molecule has 0 aromatic heterocycles. The summed E-state index contributed by atoms with van der Waals surface area (Å²) in [5.74, 6) is -0.194. The van der Waals surface area contributed by atoms with Crippen LogP contribution in [0.1, 0.15) is 27.0 Å². The summed E-state index contributed by atoms with van der Waals surface area (Å²) in [5.41, 5.74) is 3.97. The van der Waals surface area contributed by atoms with E-state index in [0.717, 1.165) is 10.0 Å². The van der Waals surface area contributed by atoms with Gasteiger partial charge in [0.1, 0.15) is 0 Å². The van der Waals surface area contributed by atoms with E-state index in [1.54, 1.807) is 12.1 Å². The van der Waals surface area contributed by atoms with Gasteiger partial charge in [0.05, 0.1) is 0 Å². The third-order valence-corrected chi connectivity index (χ3v) is 4.52. The van der Waals surface area contributed by atoms with Crippen molar-refractivity contribution in [2.45, 2.75) is 19.6 Å². The maximum atomic E-state index is 12.7. The van der Waals surface area contributed by atoms with E-state index in [1.165, 1.54) is 17.2 Å². The van der Waals surface area contributed by atoms with E-state index in [2.05, 4.69) is 40.0 Å². The largest absolute Gasteiger partial charge is 0.348 e.